The second-order valence-electron chi connectivity index (χ2n) is 3.24. The summed E-state index contributed by atoms with van der Waals surface area (Å²) in [6.45, 7) is 0. The zero-order valence-corrected chi connectivity index (χ0v) is 10.4. The summed E-state index contributed by atoms with van der Waals surface area (Å²) in [6, 6.07) is 11.8. The number of ether oxygens (including phenoxy) is 1. The molecule has 0 saturated heterocycles. The predicted octanol–water partition coefficient (Wildman–Crippen LogP) is 1.87. The summed E-state index contributed by atoms with van der Waals surface area (Å²) in [5, 5.41) is 8.86. The summed E-state index contributed by atoms with van der Waals surface area (Å²) in [7, 11) is 1.64. The molecule has 0 unspecified atom stereocenters. The summed E-state index contributed by atoms with van der Waals surface area (Å²) in [6.07, 6.45) is 0. The van der Waals surface area contributed by atoms with Gasteiger partial charge in [0.25, 0.3) is 0 Å². The second kappa shape index (κ2) is 4.44. The van der Waals surface area contributed by atoms with Crippen LogP contribution in [-0.2, 0) is 0 Å². The van der Waals surface area contributed by atoms with Crippen LogP contribution < -0.4 is 10.5 Å². The molecule has 1 aromatic carbocycles. The first-order valence-corrected chi connectivity index (χ1v) is 6.39. The van der Waals surface area contributed by atoms with Gasteiger partial charge in [0.1, 0.15) is 0 Å². The molecule has 3 nitrogen and oxygen atoms in total. The number of nitriles is 1. The molecule has 1 aromatic heterocycles. The van der Waals surface area contributed by atoms with Gasteiger partial charge in [-0.1, -0.05) is 0 Å². The van der Waals surface area contributed by atoms with Crippen LogP contribution in [0.1, 0.15) is 4.44 Å². The Labute approximate surface area is 99.8 Å². The summed E-state index contributed by atoms with van der Waals surface area (Å²) >= 11 is 0.0351. The summed E-state index contributed by atoms with van der Waals surface area (Å²) in [5.41, 5.74) is 7.46. The molecule has 0 atom stereocenters. The minimum atomic E-state index is 0.0351. The number of nitrogen functional groups attached to an aromatic ring is 1. The second-order valence-corrected chi connectivity index (χ2v) is 5.44. The Bertz CT molecular complexity index is 537. The van der Waals surface area contributed by atoms with Crippen molar-refractivity contribution in [3.8, 4) is 21.8 Å². The van der Waals surface area contributed by atoms with Crippen molar-refractivity contribution in [2.24, 2.45) is 0 Å². The van der Waals surface area contributed by atoms with E-state index >= 15 is 0 Å². The van der Waals surface area contributed by atoms with E-state index in [1.54, 1.807) is 7.11 Å². The topological polar surface area (TPSA) is 59.0 Å². The van der Waals surface area contributed by atoms with Crippen molar-refractivity contribution in [3.05, 3.63) is 34.8 Å². The molecule has 0 amide bonds. The summed E-state index contributed by atoms with van der Waals surface area (Å²) in [5.74, 6) is 0.830. The first kappa shape index (κ1) is 10.8. The van der Waals surface area contributed by atoms with Crippen LogP contribution in [0.25, 0.3) is 10.0 Å². The molecule has 0 aliphatic carbocycles. The molecule has 1 heterocycles. The predicted molar refractivity (Wildman–Crippen MR) is 64.5 cm³/mol. The van der Waals surface area contributed by atoms with Crippen LogP contribution in [0.15, 0.2) is 30.3 Å². The first-order chi connectivity index (χ1) is 7.74. The molecule has 0 bridgehead atoms. The van der Waals surface area contributed by atoms with E-state index in [2.05, 4.69) is 6.07 Å². The van der Waals surface area contributed by atoms with E-state index in [-0.39, 0.29) is 14.5 Å². The van der Waals surface area contributed by atoms with Crippen LogP contribution >= 0.6 is 0 Å². The van der Waals surface area contributed by atoms with Crippen LogP contribution in [0.3, 0.4) is 0 Å². The number of rotatable bonds is 2. The molecule has 2 rings (SSSR count). The Balaban J connectivity index is 2.39. The normalized spacial score (nSPS) is 9.75. The van der Waals surface area contributed by atoms with Gasteiger partial charge in [-0.25, -0.2) is 0 Å². The fourth-order valence-electron chi connectivity index (χ4n) is 1.39. The Morgan fingerprint density at radius 2 is 2.00 bits per heavy atom. The maximum atomic E-state index is 8.86. The Hall–Kier alpha value is -1.69. The molecule has 2 N–H and O–H groups in total. The molecule has 4 heteroatoms. The van der Waals surface area contributed by atoms with Crippen LogP contribution in [0.2, 0.25) is 0 Å². The van der Waals surface area contributed by atoms with Crippen molar-refractivity contribution in [3.63, 3.8) is 0 Å². The molecule has 2 aromatic rings. The molecule has 16 heavy (non-hydrogen) atoms. The summed E-state index contributed by atoms with van der Waals surface area (Å²) in [4.78, 5) is 0. The van der Waals surface area contributed by atoms with Crippen molar-refractivity contribution in [2.45, 2.75) is 0 Å². The van der Waals surface area contributed by atoms with Crippen molar-refractivity contribution in [1.82, 2.24) is 0 Å². The van der Waals surface area contributed by atoms with Gasteiger partial charge in [-0.05, 0) is 0 Å². The molecule has 0 saturated carbocycles. The number of nitrogens with zero attached hydrogens (tertiary/aromatic N) is 1. The molecule has 0 fully saturated rings. The standard InChI is InChI=1S/C12H10N2OSe/c1-15-9-4-2-8(3-5-9)11-6-10(14)12(7-13)16-11/h2-6H,14H2,1H3. The van der Waals surface area contributed by atoms with Gasteiger partial charge < -0.3 is 0 Å². The van der Waals surface area contributed by atoms with Crippen molar-refractivity contribution >= 4 is 20.2 Å². The Morgan fingerprint density at radius 3 is 2.50 bits per heavy atom. The van der Waals surface area contributed by atoms with Gasteiger partial charge in [0.05, 0.1) is 0 Å². The van der Waals surface area contributed by atoms with Gasteiger partial charge in [0.2, 0.25) is 0 Å². The molecule has 80 valence electrons. The molecule has 0 aliphatic rings. The zero-order chi connectivity index (χ0) is 11.5. The molecular weight excluding hydrogens is 267 g/mol. The number of methoxy groups -OCH3 is 1. The Morgan fingerprint density at radius 1 is 1.31 bits per heavy atom. The molecule has 0 aliphatic heterocycles. The zero-order valence-electron chi connectivity index (χ0n) is 8.73. The van der Waals surface area contributed by atoms with Crippen LogP contribution in [0.4, 0.5) is 5.69 Å². The molecular formula is C12H10N2OSe. The van der Waals surface area contributed by atoms with Gasteiger partial charge in [-0.3, -0.25) is 0 Å². The van der Waals surface area contributed by atoms with Gasteiger partial charge >= 0.3 is 99.6 Å². The van der Waals surface area contributed by atoms with Gasteiger partial charge in [-0.2, -0.15) is 0 Å². The van der Waals surface area contributed by atoms with E-state index in [1.165, 1.54) is 0 Å². The van der Waals surface area contributed by atoms with E-state index in [4.69, 9.17) is 15.7 Å². The van der Waals surface area contributed by atoms with Crippen LogP contribution in [-0.4, -0.2) is 21.6 Å². The van der Waals surface area contributed by atoms with E-state index in [1.807, 2.05) is 30.3 Å². The third-order valence-corrected chi connectivity index (χ3v) is 4.55. The van der Waals surface area contributed by atoms with Crippen molar-refractivity contribution in [1.29, 1.82) is 5.26 Å². The van der Waals surface area contributed by atoms with Gasteiger partial charge in [0, 0.05) is 0 Å². The number of hydrogen-bond acceptors (Lipinski definition) is 3. The third-order valence-electron chi connectivity index (χ3n) is 2.24. The van der Waals surface area contributed by atoms with Crippen molar-refractivity contribution < 1.29 is 4.74 Å². The summed E-state index contributed by atoms with van der Waals surface area (Å²) < 4.78 is 6.94. The minimum absolute atomic E-state index is 0.0351. The molecule has 0 spiro atoms. The Kier molecular flexibility index (Phi) is 3.00. The quantitative estimate of drug-likeness (QED) is 0.852. The fraction of sp³-hybridized carbons (Fsp3) is 0.0833. The third kappa shape index (κ3) is 1.96. The SMILES string of the molecule is COc1ccc(-c2cc(N)c(C#N)[se]2)cc1. The fourth-order valence-corrected chi connectivity index (χ4v) is 3.24. The van der Waals surface area contributed by atoms with Gasteiger partial charge in [0.15, 0.2) is 0 Å². The maximum absolute atomic E-state index is 8.86. The number of benzene rings is 1. The first-order valence-electron chi connectivity index (χ1n) is 4.68. The average molecular weight is 277 g/mol. The van der Waals surface area contributed by atoms with Gasteiger partial charge in [-0.15, -0.1) is 0 Å². The van der Waals surface area contributed by atoms with Crippen LogP contribution in [0, 0.1) is 11.3 Å². The van der Waals surface area contributed by atoms with Crippen LogP contribution in [0.5, 0.6) is 5.75 Å². The van der Waals surface area contributed by atoms with E-state index in [0.29, 0.717) is 10.1 Å². The number of hydrogen-bond donors (Lipinski definition) is 1. The molecule has 0 radical (unpaired) electrons. The monoisotopic (exact) mass is 278 g/mol. The number of nitrogens with two attached hydrogens (primary N) is 1. The van der Waals surface area contributed by atoms with E-state index in [0.717, 1.165) is 15.8 Å². The average Bonchev–Trinajstić information content (AvgIpc) is 2.71. The van der Waals surface area contributed by atoms with Crippen molar-refractivity contribution in [2.75, 3.05) is 12.8 Å². The number of anilines is 1. The van der Waals surface area contributed by atoms with E-state index in [9.17, 15) is 0 Å². The van der Waals surface area contributed by atoms with E-state index < -0.39 is 0 Å².